The summed E-state index contributed by atoms with van der Waals surface area (Å²) >= 11 is 0. The molecular weight excluding hydrogens is 232 g/mol. The molecule has 0 aromatic carbocycles. The first-order valence-corrected chi connectivity index (χ1v) is 7.00. The highest BCUT2D eigenvalue weighted by Gasteiger charge is 2.32. The summed E-state index contributed by atoms with van der Waals surface area (Å²) in [5.41, 5.74) is 0. The summed E-state index contributed by atoms with van der Waals surface area (Å²) in [6, 6.07) is 0.217. The lowest BCUT2D eigenvalue weighted by atomic mass is 10.2. The molecule has 2 fully saturated rings. The first kappa shape index (κ1) is 13.6. The van der Waals surface area contributed by atoms with Gasteiger partial charge in [-0.05, 0) is 19.8 Å². The van der Waals surface area contributed by atoms with Crippen molar-refractivity contribution < 1.29 is 14.6 Å². The maximum atomic E-state index is 12.5. The van der Waals surface area contributed by atoms with Crippen LogP contribution in [0.3, 0.4) is 0 Å². The molecule has 0 aromatic heterocycles. The molecule has 2 atom stereocenters. The summed E-state index contributed by atoms with van der Waals surface area (Å²) in [5.74, 6) is 0. The van der Waals surface area contributed by atoms with Gasteiger partial charge in [0.1, 0.15) is 0 Å². The standard InChI is InChI=1S/C13H24N2O3/c1-11-10-18-12(9-16)8-15(11)13(17)14-6-4-2-3-5-7-14/h11-12,16H,2-10H2,1H3. The second-order valence-corrected chi connectivity index (χ2v) is 5.32. The minimum atomic E-state index is -0.225. The van der Waals surface area contributed by atoms with Gasteiger partial charge in [0, 0.05) is 13.1 Å². The molecule has 104 valence electrons. The van der Waals surface area contributed by atoms with Gasteiger partial charge in [0.25, 0.3) is 0 Å². The van der Waals surface area contributed by atoms with Gasteiger partial charge in [0.2, 0.25) is 0 Å². The third-order valence-corrected chi connectivity index (χ3v) is 3.83. The Balaban J connectivity index is 1.96. The van der Waals surface area contributed by atoms with E-state index in [0.29, 0.717) is 13.2 Å². The minimum absolute atomic E-state index is 0.0174. The summed E-state index contributed by atoms with van der Waals surface area (Å²) in [7, 11) is 0. The first-order chi connectivity index (χ1) is 8.72. The highest BCUT2D eigenvalue weighted by molar-refractivity contribution is 5.75. The van der Waals surface area contributed by atoms with Crippen LogP contribution in [0.5, 0.6) is 0 Å². The maximum absolute atomic E-state index is 12.5. The third kappa shape index (κ3) is 3.14. The molecule has 2 aliphatic rings. The van der Waals surface area contributed by atoms with Crippen LogP contribution >= 0.6 is 0 Å². The second-order valence-electron chi connectivity index (χ2n) is 5.32. The van der Waals surface area contributed by atoms with E-state index in [4.69, 9.17) is 9.84 Å². The van der Waals surface area contributed by atoms with E-state index in [-0.39, 0.29) is 24.8 Å². The third-order valence-electron chi connectivity index (χ3n) is 3.83. The molecule has 0 aromatic rings. The van der Waals surface area contributed by atoms with Crippen LogP contribution in [0.1, 0.15) is 32.6 Å². The Kier molecular flexibility index (Phi) is 4.83. The molecule has 1 N–H and O–H groups in total. The summed E-state index contributed by atoms with van der Waals surface area (Å²) in [4.78, 5) is 16.3. The van der Waals surface area contributed by atoms with Crippen molar-refractivity contribution in [3.8, 4) is 0 Å². The van der Waals surface area contributed by atoms with Gasteiger partial charge in [0.15, 0.2) is 0 Å². The van der Waals surface area contributed by atoms with Crippen LogP contribution in [0.4, 0.5) is 4.79 Å². The van der Waals surface area contributed by atoms with E-state index in [9.17, 15) is 4.79 Å². The lowest BCUT2D eigenvalue weighted by Crippen LogP contribution is -2.56. The number of carbonyl (C=O) groups is 1. The van der Waals surface area contributed by atoms with Crippen molar-refractivity contribution in [1.29, 1.82) is 0 Å². The average molecular weight is 256 g/mol. The normalized spacial score (nSPS) is 30.1. The van der Waals surface area contributed by atoms with E-state index in [1.165, 1.54) is 12.8 Å². The summed E-state index contributed by atoms with van der Waals surface area (Å²) in [6.45, 7) is 4.75. The molecule has 0 bridgehead atoms. The van der Waals surface area contributed by atoms with Gasteiger partial charge in [-0.25, -0.2) is 4.79 Å². The van der Waals surface area contributed by atoms with E-state index < -0.39 is 0 Å². The molecule has 0 radical (unpaired) electrons. The van der Waals surface area contributed by atoms with Crippen molar-refractivity contribution in [2.24, 2.45) is 0 Å². The molecule has 18 heavy (non-hydrogen) atoms. The Labute approximate surface area is 109 Å². The highest BCUT2D eigenvalue weighted by Crippen LogP contribution is 2.17. The number of urea groups is 1. The van der Waals surface area contributed by atoms with Gasteiger partial charge < -0.3 is 19.6 Å². The van der Waals surface area contributed by atoms with Gasteiger partial charge in [-0.15, -0.1) is 0 Å². The van der Waals surface area contributed by atoms with Crippen LogP contribution in [0.2, 0.25) is 0 Å². The number of ether oxygens (including phenoxy) is 1. The lowest BCUT2D eigenvalue weighted by molar-refractivity contribution is -0.0665. The van der Waals surface area contributed by atoms with Gasteiger partial charge in [0.05, 0.1) is 31.9 Å². The zero-order chi connectivity index (χ0) is 13.0. The fourth-order valence-corrected chi connectivity index (χ4v) is 2.64. The SMILES string of the molecule is CC1COC(CO)CN1C(=O)N1CCCCCC1. The summed E-state index contributed by atoms with van der Waals surface area (Å²) in [6.07, 6.45) is 4.43. The van der Waals surface area contributed by atoms with Crippen molar-refractivity contribution in [3.05, 3.63) is 0 Å². The second kappa shape index (κ2) is 6.38. The molecular formula is C13H24N2O3. The monoisotopic (exact) mass is 256 g/mol. The predicted octanol–water partition coefficient (Wildman–Crippen LogP) is 1.06. The number of likely N-dealkylation sites (tertiary alicyclic amines) is 1. The van der Waals surface area contributed by atoms with Crippen molar-refractivity contribution >= 4 is 6.03 Å². The molecule has 0 spiro atoms. The van der Waals surface area contributed by atoms with Crippen molar-refractivity contribution in [2.75, 3.05) is 32.8 Å². The zero-order valence-electron chi connectivity index (χ0n) is 11.2. The van der Waals surface area contributed by atoms with Crippen LogP contribution in [-0.4, -0.2) is 65.9 Å². The molecule has 2 amide bonds. The topological polar surface area (TPSA) is 53.0 Å². The zero-order valence-corrected chi connectivity index (χ0v) is 11.2. The van der Waals surface area contributed by atoms with E-state index in [1.54, 1.807) is 0 Å². The molecule has 2 unspecified atom stereocenters. The maximum Gasteiger partial charge on any atom is 0.320 e. The first-order valence-electron chi connectivity index (χ1n) is 7.00. The molecule has 5 nitrogen and oxygen atoms in total. The number of rotatable bonds is 1. The Bertz CT molecular complexity index is 277. The Morgan fingerprint density at radius 3 is 2.56 bits per heavy atom. The van der Waals surface area contributed by atoms with E-state index in [0.717, 1.165) is 25.9 Å². The van der Waals surface area contributed by atoms with Crippen LogP contribution < -0.4 is 0 Å². The summed E-state index contributed by atoms with van der Waals surface area (Å²) in [5, 5.41) is 9.16. The van der Waals surface area contributed by atoms with Gasteiger partial charge in [-0.1, -0.05) is 12.8 Å². The lowest BCUT2D eigenvalue weighted by Gasteiger charge is -2.40. The number of nitrogens with zero attached hydrogens (tertiary/aromatic N) is 2. The van der Waals surface area contributed by atoms with E-state index >= 15 is 0 Å². The molecule has 2 heterocycles. The quantitative estimate of drug-likeness (QED) is 0.763. The summed E-state index contributed by atoms with van der Waals surface area (Å²) < 4.78 is 5.47. The van der Waals surface area contributed by atoms with Crippen LogP contribution in [0.25, 0.3) is 0 Å². The number of hydrogen-bond donors (Lipinski definition) is 1. The van der Waals surface area contributed by atoms with Crippen LogP contribution in [0.15, 0.2) is 0 Å². The number of morpholine rings is 1. The predicted molar refractivity (Wildman–Crippen MR) is 68.4 cm³/mol. The average Bonchev–Trinajstić information content (AvgIpc) is 2.67. The Morgan fingerprint density at radius 1 is 1.28 bits per heavy atom. The fourth-order valence-electron chi connectivity index (χ4n) is 2.64. The number of aliphatic hydroxyl groups excluding tert-OH is 1. The highest BCUT2D eigenvalue weighted by atomic mass is 16.5. The number of carbonyl (C=O) groups excluding carboxylic acids is 1. The van der Waals surface area contributed by atoms with E-state index in [2.05, 4.69) is 0 Å². The molecule has 5 heteroatoms. The number of hydrogen-bond acceptors (Lipinski definition) is 3. The van der Waals surface area contributed by atoms with Crippen LogP contribution in [-0.2, 0) is 4.74 Å². The number of aliphatic hydroxyl groups is 1. The van der Waals surface area contributed by atoms with E-state index in [1.807, 2.05) is 16.7 Å². The molecule has 2 saturated heterocycles. The molecule has 0 aliphatic carbocycles. The van der Waals surface area contributed by atoms with Crippen LogP contribution in [0, 0.1) is 0 Å². The fraction of sp³-hybridized carbons (Fsp3) is 0.923. The van der Waals surface area contributed by atoms with Crippen molar-refractivity contribution in [3.63, 3.8) is 0 Å². The minimum Gasteiger partial charge on any atom is -0.394 e. The van der Waals surface area contributed by atoms with Crippen molar-refractivity contribution in [2.45, 2.75) is 44.8 Å². The molecule has 2 rings (SSSR count). The number of amides is 2. The Hall–Kier alpha value is -0.810. The van der Waals surface area contributed by atoms with Gasteiger partial charge in [-0.3, -0.25) is 0 Å². The van der Waals surface area contributed by atoms with Crippen molar-refractivity contribution in [1.82, 2.24) is 9.80 Å². The smallest absolute Gasteiger partial charge is 0.320 e. The van der Waals surface area contributed by atoms with Gasteiger partial charge in [-0.2, -0.15) is 0 Å². The Morgan fingerprint density at radius 2 is 1.94 bits per heavy atom. The largest absolute Gasteiger partial charge is 0.394 e. The molecule has 2 aliphatic heterocycles. The molecule has 0 saturated carbocycles. The van der Waals surface area contributed by atoms with Gasteiger partial charge >= 0.3 is 6.03 Å².